The molecule has 0 bridgehead atoms. The van der Waals surface area contributed by atoms with Crippen LogP contribution in [0.3, 0.4) is 0 Å². The van der Waals surface area contributed by atoms with E-state index in [0.717, 1.165) is 44.0 Å². The number of likely N-dealkylation sites (tertiary alicyclic amines) is 1. The summed E-state index contributed by atoms with van der Waals surface area (Å²) in [6.45, 7) is 4.96. The van der Waals surface area contributed by atoms with Gasteiger partial charge in [0, 0.05) is 38.7 Å². The molecule has 0 unspecified atom stereocenters. The number of aliphatic imine (C=N–C) groups is 1. The molecule has 1 saturated heterocycles. The predicted octanol–water partition coefficient (Wildman–Crippen LogP) is 4.55. The Morgan fingerprint density at radius 1 is 1.12 bits per heavy atom. The summed E-state index contributed by atoms with van der Waals surface area (Å²) >= 11 is 0. The van der Waals surface area contributed by atoms with Gasteiger partial charge in [-0.15, -0.1) is 24.0 Å². The summed E-state index contributed by atoms with van der Waals surface area (Å²) in [5.74, 6) is 1.76. The van der Waals surface area contributed by atoms with Gasteiger partial charge in [-0.1, -0.05) is 30.3 Å². The monoisotopic (exact) mass is 554 g/mol. The average molecular weight is 554 g/mol. The smallest absolute Gasteiger partial charge is 0.220 e. The molecule has 0 atom stereocenters. The molecule has 32 heavy (non-hydrogen) atoms. The quantitative estimate of drug-likeness (QED) is 0.300. The van der Waals surface area contributed by atoms with Crippen LogP contribution in [-0.2, 0) is 11.3 Å². The van der Waals surface area contributed by atoms with Crippen LogP contribution in [0.5, 0.6) is 11.5 Å². The Bertz CT molecular complexity index is 901. The molecule has 0 aromatic heterocycles. The number of nitrogens with zero attached hydrogens (tertiary/aromatic N) is 2. The van der Waals surface area contributed by atoms with Crippen molar-refractivity contribution in [3.63, 3.8) is 0 Å². The Hall–Kier alpha value is -2.36. The summed E-state index contributed by atoms with van der Waals surface area (Å²) in [5.41, 5.74) is 0.885. The average Bonchev–Trinajstić information content (AvgIpc) is 2.79. The number of halogens is 2. The lowest BCUT2D eigenvalue weighted by Crippen LogP contribution is -2.46. The van der Waals surface area contributed by atoms with E-state index in [-0.39, 0.29) is 35.6 Å². The standard InChI is InChI=1S/C24H31FN4O2.HI/c1-3-27-24(29-14-12-18(13-15-29)16-23(30)26-2)28-17-19-8-4-6-10-21(19)31-22-11-7-5-9-20(22)25;/h4-11,18H,3,12-17H2,1-2H3,(H,26,30)(H,27,28);1H. The van der Waals surface area contributed by atoms with Gasteiger partial charge < -0.3 is 20.3 Å². The van der Waals surface area contributed by atoms with Gasteiger partial charge in [0.05, 0.1) is 6.54 Å². The first kappa shape index (κ1) is 25.9. The maximum atomic E-state index is 14.0. The van der Waals surface area contributed by atoms with Gasteiger partial charge in [0.15, 0.2) is 17.5 Å². The molecular formula is C24H32FIN4O2. The van der Waals surface area contributed by atoms with Crippen molar-refractivity contribution < 1.29 is 13.9 Å². The van der Waals surface area contributed by atoms with Crippen LogP contribution < -0.4 is 15.4 Å². The molecule has 1 heterocycles. The van der Waals surface area contributed by atoms with Crippen molar-refractivity contribution in [3.8, 4) is 11.5 Å². The van der Waals surface area contributed by atoms with Gasteiger partial charge >= 0.3 is 0 Å². The number of ether oxygens (including phenoxy) is 1. The lowest BCUT2D eigenvalue weighted by Gasteiger charge is -2.34. The molecule has 174 valence electrons. The number of guanidine groups is 1. The molecule has 1 aliphatic rings. The minimum absolute atomic E-state index is 0. The Balaban J connectivity index is 0.00000363. The van der Waals surface area contributed by atoms with E-state index in [0.29, 0.717) is 24.6 Å². The molecule has 1 aliphatic heterocycles. The lowest BCUT2D eigenvalue weighted by atomic mass is 9.93. The Labute approximate surface area is 206 Å². The topological polar surface area (TPSA) is 66.0 Å². The van der Waals surface area contributed by atoms with Crippen LogP contribution in [0.4, 0.5) is 4.39 Å². The van der Waals surface area contributed by atoms with Gasteiger partial charge in [-0.25, -0.2) is 9.38 Å². The number of benzene rings is 2. The first-order valence-electron chi connectivity index (χ1n) is 10.8. The van der Waals surface area contributed by atoms with E-state index in [2.05, 4.69) is 15.5 Å². The van der Waals surface area contributed by atoms with E-state index >= 15 is 0 Å². The number of carbonyl (C=O) groups is 1. The third-order valence-corrected chi connectivity index (χ3v) is 5.43. The molecule has 1 fully saturated rings. The molecule has 2 N–H and O–H groups in total. The van der Waals surface area contributed by atoms with Gasteiger partial charge in [0.1, 0.15) is 5.75 Å². The summed E-state index contributed by atoms with van der Waals surface area (Å²) in [6.07, 6.45) is 2.51. The lowest BCUT2D eigenvalue weighted by molar-refractivity contribution is -0.121. The Morgan fingerprint density at radius 2 is 1.78 bits per heavy atom. The number of nitrogens with one attached hydrogen (secondary N) is 2. The van der Waals surface area contributed by atoms with Crippen molar-refractivity contribution >= 4 is 35.8 Å². The molecule has 0 aliphatic carbocycles. The van der Waals surface area contributed by atoms with Gasteiger partial charge in [0.2, 0.25) is 5.91 Å². The highest BCUT2D eigenvalue weighted by molar-refractivity contribution is 14.0. The van der Waals surface area contributed by atoms with Crippen LogP contribution in [0.2, 0.25) is 0 Å². The number of amides is 1. The first-order valence-corrected chi connectivity index (χ1v) is 10.8. The molecule has 2 aromatic carbocycles. The molecule has 0 spiro atoms. The summed E-state index contributed by atoms with van der Waals surface area (Å²) in [6, 6.07) is 13.9. The highest BCUT2D eigenvalue weighted by atomic mass is 127. The van der Waals surface area contributed by atoms with Crippen LogP contribution in [0, 0.1) is 11.7 Å². The molecule has 6 nitrogen and oxygen atoms in total. The molecule has 0 radical (unpaired) electrons. The van der Waals surface area contributed by atoms with Gasteiger partial charge in [-0.3, -0.25) is 4.79 Å². The van der Waals surface area contributed by atoms with E-state index in [4.69, 9.17) is 9.73 Å². The Kier molecular flexibility index (Phi) is 10.7. The first-order chi connectivity index (χ1) is 15.1. The number of rotatable bonds is 7. The van der Waals surface area contributed by atoms with E-state index < -0.39 is 5.82 Å². The minimum Gasteiger partial charge on any atom is -0.454 e. The second-order valence-corrected chi connectivity index (χ2v) is 7.62. The zero-order chi connectivity index (χ0) is 22.1. The van der Waals surface area contributed by atoms with Gasteiger partial charge in [0.25, 0.3) is 0 Å². The van der Waals surface area contributed by atoms with Crippen molar-refractivity contribution in [1.82, 2.24) is 15.5 Å². The number of hydrogen-bond acceptors (Lipinski definition) is 3. The summed E-state index contributed by atoms with van der Waals surface area (Å²) in [4.78, 5) is 18.7. The number of para-hydroxylation sites is 2. The maximum absolute atomic E-state index is 14.0. The minimum atomic E-state index is -0.395. The van der Waals surface area contributed by atoms with Crippen LogP contribution >= 0.6 is 24.0 Å². The van der Waals surface area contributed by atoms with Crippen molar-refractivity contribution in [3.05, 3.63) is 59.9 Å². The molecule has 0 saturated carbocycles. The van der Waals surface area contributed by atoms with Crippen LogP contribution in [0.25, 0.3) is 0 Å². The highest BCUT2D eigenvalue weighted by Crippen LogP contribution is 2.28. The maximum Gasteiger partial charge on any atom is 0.220 e. The Morgan fingerprint density at radius 3 is 2.44 bits per heavy atom. The SMILES string of the molecule is CCNC(=NCc1ccccc1Oc1ccccc1F)N1CCC(CC(=O)NC)CC1.I. The summed E-state index contributed by atoms with van der Waals surface area (Å²) in [5, 5.41) is 6.07. The van der Waals surface area contributed by atoms with E-state index in [9.17, 15) is 9.18 Å². The predicted molar refractivity (Wildman–Crippen MR) is 136 cm³/mol. The van der Waals surface area contributed by atoms with Crippen molar-refractivity contribution in [2.75, 3.05) is 26.7 Å². The van der Waals surface area contributed by atoms with Crippen molar-refractivity contribution in [2.45, 2.75) is 32.7 Å². The van der Waals surface area contributed by atoms with Crippen molar-refractivity contribution in [2.24, 2.45) is 10.9 Å². The third-order valence-electron chi connectivity index (χ3n) is 5.43. The second kappa shape index (κ2) is 13.2. The summed E-state index contributed by atoms with van der Waals surface area (Å²) in [7, 11) is 1.68. The van der Waals surface area contributed by atoms with Gasteiger partial charge in [-0.05, 0) is 43.9 Å². The number of hydrogen-bond donors (Lipinski definition) is 2. The van der Waals surface area contributed by atoms with E-state index in [1.165, 1.54) is 6.07 Å². The van der Waals surface area contributed by atoms with Crippen LogP contribution in [0.1, 0.15) is 31.7 Å². The molecule has 2 aromatic rings. The normalized spacial score (nSPS) is 14.5. The van der Waals surface area contributed by atoms with Gasteiger partial charge in [-0.2, -0.15) is 0 Å². The zero-order valence-corrected chi connectivity index (χ0v) is 21.0. The molecule has 8 heteroatoms. The van der Waals surface area contributed by atoms with Crippen LogP contribution in [0.15, 0.2) is 53.5 Å². The number of piperidine rings is 1. The van der Waals surface area contributed by atoms with Crippen molar-refractivity contribution in [1.29, 1.82) is 0 Å². The zero-order valence-electron chi connectivity index (χ0n) is 18.6. The fourth-order valence-corrected chi connectivity index (χ4v) is 3.68. The number of carbonyl (C=O) groups excluding carboxylic acids is 1. The molecular weight excluding hydrogens is 522 g/mol. The van der Waals surface area contributed by atoms with E-state index in [1.807, 2.05) is 31.2 Å². The highest BCUT2D eigenvalue weighted by Gasteiger charge is 2.23. The fraction of sp³-hybridized carbons (Fsp3) is 0.417. The fourth-order valence-electron chi connectivity index (χ4n) is 3.68. The molecule has 3 rings (SSSR count). The molecule has 1 amide bonds. The van der Waals surface area contributed by atoms with E-state index in [1.54, 1.807) is 25.2 Å². The third kappa shape index (κ3) is 7.36. The summed E-state index contributed by atoms with van der Waals surface area (Å²) < 4.78 is 19.8. The van der Waals surface area contributed by atoms with Crippen LogP contribution in [-0.4, -0.2) is 43.4 Å². The largest absolute Gasteiger partial charge is 0.454 e. The second-order valence-electron chi connectivity index (χ2n) is 7.62.